The molecular weight excluding hydrogens is 341 g/mol. The predicted molar refractivity (Wildman–Crippen MR) is 98.1 cm³/mol. The Hall–Kier alpha value is -2.92. The van der Waals surface area contributed by atoms with E-state index >= 15 is 0 Å². The van der Waals surface area contributed by atoms with Gasteiger partial charge in [0.2, 0.25) is 0 Å². The van der Waals surface area contributed by atoms with Gasteiger partial charge in [-0.15, -0.1) is 0 Å². The summed E-state index contributed by atoms with van der Waals surface area (Å²) in [4.78, 5) is 16.5. The Balaban J connectivity index is 1.73. The zero-order valence-electron chi connectivity index (χ0n) is 13.4. The van der Waals surface area contributed by atoms with Gasteiger partial charge in [0.15, 0.2) is 0 Å². The molecule has 2 N–H and O–H groups in total. The minimum Gasteiger partial charge on any atom is -0.340 e. The van der Waals surface area contributed by atoms with Gasteiger partial charge in [-0.2, -0.15) is 0 Å². The summed E-state index contributed by atoms with van der Waals surface area (Å²) >= 11 is 5.89. The maximum absolute atomic E-state index is 13.8. The van der Waals surface area contributed by atoms with Gasteiger partial charge in [0.25, 0.3) is 5.91 Å². The smallest absolute Gasteiger partial charge is 0.260 e. The third-order valence-corrected chi connectivity index (χ3v) is 3.93. The van der Waals surface area contributed by atoms with Crippen molar-refractivity contribution in [3.63, 3.8) is 0 Å². The average molecular weight is 356 g/mol. The van der Waals surface area contributed by atoms with Crippen molar-refractivity contribution in [1.82, 2.24) is 4.98 Å². The fraction of sp³-hybridized carbons (Fsp3) is 0.0526. The summed E-state index contributed by atoms with van der Waals surface area (Å²) in [6, 6.07) is 15.3. The van der Waals surface area contributed by atoms with Crippen LogP contribution in [0.4, 0.5) is 21.6 Å². The molecule has 1 amide bonds. The number of aromatic nitrogens is 1. The molecule has 2 aromatic carbocycles. The first-order valence-corrected chi connectivity index (χ1v) is 7.96. The minimum absolute atomic E-state index is 0.0586. The highest BCUT2D eigenvalue weighted by atomic mass is 35.5. The molecule has 126 valence electrons. The number of hydrogen-bond donors (Lipinski definition) is 2. The Labute approximate surface area is 149 Å². The van der Waals surface area contributed by atoms with Crippen LogP contribution in [0, 0.1) is 12.7 Å². The quantitative estimate of drug-likeness (QED) is 0.678. The number of carbonyl (C=O) groups excluding carboxylic acids is 1. The highest BCUT2D eigenvalue weighted by molar-refractivity contribution is 6.34. The summed E-state index contributed by atoms with van der Waals surface area (Å²) in [6.45, 7) is 2.00. The Morgan fingerprint density at radius 1 is 1.08 bits per heavy atom. The molecule has 3 rings (SSSR count). The lowest BCUT2D eigenvalue weighted by Gasteiger charge is -2.10. The number of carbonyl (C=O) groups is 1. The molecule has 25 heavy (non-hydrogen) atoms. The van der Waals surface area contributed by atoms with E-state index in [2.05, 4.69) is 15.6 Å². The van der Waals surface area contributed by atoms with E-state index in [4.69, 9.17) is 11.6 Å². The fourth-order valence-corrected chi connectivity index (χ4v) is 2.55. The second-order valence-corrected chi connectivity index (χ2v) is 5.83. The number of benzene rings is 2. The number of aryl methyl sites for hydroxylation is 1. The van der Waals surface area contributed by atoms with Crippen LogP contribution in [0.15, 0.2) is 60.8 Å². The molecule has 1 heterocycles. The van der Waals surface area contributed by atoms with Gasteiger partial charge in [-0.1, -0.05) is 35.9 Å². The van der Waals surface area contributed by atoms with Crippen molar-refractivity contribution in [2.75, 3.05) is 10.6 Å². The molecule has 0 saturated heterocycles. The molecule has 0 bridgehead atoms. The molecule has 0 aliphatic rings. The summed E-state index contributed by atoms with van der Waals surface area (Å²) < 4.78 is 13.8. The number of para-hydroxylation sites is 1. The maximum Gasteiger partial charge on any atom is 0.260 e. The fourth-order valence-electron chi connectivity index (χ4n) is 2.30. The molecule has 4 nitrogen and oxygen atoms in total. The summed E-state index contributed by atoms with van der Waals surface area (Å²) in [6.07, 6.45) is 1.49. The van der Waals surface area contributed by atoms with Crippen molar-refractivity contribution in [3.05, 3.63) is 82.8 Å². The molecule has 0 saturated carbocycles. The Kier molecular flexibility index (Phi) is 4.95. The van der Waals surface area contributed by atoms with Crippen LogP contribution in [0.2, 0.25) is 5.02 Å². The largest absolute Gasteiger partial charge is 0.340 e. The first kappa shape index (κ1) is 16.9. The minimum atomic E-state index is -0.671. The molecule has 0 atom stereocenters. The summed E-state index contributed by atoms with van der Waals surface area (Å²) in [7, 11) is 0. The zero-order valence-corrected chi connectivity index (χ0v) is 14.1. The number of amides is 1. The van der Waals surface area contributed by atoms with Gasteiger partial charge < -0.3 is 10.6 Å². The van der Waals surface area contributed by atoms with Crippen LogP contribution < -0.4 is 10.6 Å². The number of halogens is 2. The average Bonchev–Trinajstić information content (AvgIpc) is 2.58. The van der Waals surface area contributed by atoms with Gasteiger partial charge in [0.05, 0.1) is 22.5 Å². The normalized spacial score (nSPS) is 10.4. The van der Waals surface area contributed by atoms with E-state index in [1.54, 1.807) is 12.1 Å². The van der Waals surface area contributed by atoms with E-state index in [1.165, 1.54) is 24.4 Å². The van der Waals surface area contributed by atoms with Crippen molar-refractivity contribution in [1.29, 1.82) is 0 Å². The van der Waals surface area contributed by atoms with Crippen LogP contribution in [0.1, 0.15) is 15.9 Å². The molecule has 0 fully saturated rings. The van der Waals surface area contributed by atoms with Gasteiger partial charge >= 0.3 is 0 Å². The first-order chi connectivity index (χ1) is 12.0. The van der Waals surface area contributed by atoms with Gasteiger partial charge in [-0.3, -0.25) is 4.79 Å². The molecule has 0 aliphatic carbocycles. The third kappa shape index (κ3) is 3.95. The van der Waals surface area contributed by atoms with Gasteiger partial charge in [0, 0.05) is 5.69 Å². The topological polar surface area (TPSA) is 54.0 Å². The molecular formula is C19H15ClFN3O. The lowest BCUT2D eigenvalue weighted by molar-refractivity contribution is 0.102. The number of nitrogens with zero attached hydrogens (tertiary/aromatic N) is 1. The van der Waals surface area contributed by atoms with E-state index < -0.39 is 11.7 Å². The van der Waals surface area contributed by atoms with Crippen molar-refractivity contribution in [2.45, 2.75) is 6.92 Å². The second-order valence-electron chi connectivity index (χ2n) is 5.42. The van der Waals surface area contributed by atoms with Crippen LogP contribution in [0.3, 0.4) is 0 Å². The van der Waals surface area contributed by atoms with E-state index in [0.717, 1.165) is 11.3 Å². The van der Waals surface area contributed by atoms with E-state index in [1.807, 2.05) is 31.2 Å². The highest BCUT2D eigenvalue weighted by Crippen LogP contribution is 2.22. The molecule has 0 aliphatic heterocycles. The number of pyridine rings is 1. The molecule has 3 aromatic rings. The van der Waals surface area contributed by atoms with Crippen molar-refractivity contribution in [3.8, 4) is 0 Å². The molecule has 0 radical (unpaired) electrons. The Bertz CT molecular complexity index is 893. The third-order valence-electron chi connectivity index (χ3n) is 3.62. The lowest BCUT2D eigenvalue weighted by Crippen LogP contribution is -2.14. The number of hydrogen-bond acceptors (Lipinski definition) is 3. The van der Waals surface area contributed by atoms with Crippen LogP contribution in [-0.2, 0) is 0 Å². The second kappa shape index (κ2) is 7.32. The Morgan fingerprint density at radius 2 is 1.88 bits per heavy atom. The summed E-state index contributed by atoms with van der Waals surface area (Å²) in [5.74, 6) is -0.656. The van der Waals surface area contributed by atoms with Crippen LogP contribution >= 0.6 is 11.6 Å². The van der Waals surface area contributed by atoms with Gasteiger partial charge in [0.1, 0.15) is 11.6 Å². The highest BCUT2D eigenvalue weighted by Gasteiger charge is 2.15. The molecule has 1 aromatic heterocycles. The van der Waals surface area contributed by atoms with Crippen molar-refractivity contribution >= 4 is 34.7 Å². The molecule has 6 heteroatoms. The monoisotopic (exact) mass is 355 g/mol. The van der Waals surface area contributed by atoms with E-state index in [9.17, 15) is 9.18 Å². The number of rotatable bonds is 4. The maximum atomic E-state index is 13.8. The zero-order chi connectivity index (χ0) is 17.8. The van der Waals surface area contributed by atoms with E-state index in [-0.39, 0.29) is 10.6 Å². The SMILES string of the molecule is Cc1ccccc1Nc1ccc(NC(=O)c2c(F)cccc2Cl)cn1. The summed E-state index contributed by atoms with van der Waals surface area (Å²) in [5.41, 5.74) is 2.30. The standard InChI is InChI=1S/C19H15ClFN3O/c1-12-5-2-3-8-16(12)24-17-10-9-13(11-22-17)23-19(25)18-14(20)6-4-7-15(18)21/h2-11H,1H3,(H,22,24)(H,23,25). The predicted octanol–water partition coefficient (Wildman–Crippen LogP) is 5.18. The van der Waals surface area contributed by atoms with Gasteiger partial charge in [-0.05, 0) is 42.8 Å². The number of nitrogens with one attached hydrogen (secondary N) is 2. The van der Waals surface area contributed by atoms with Crippen LogP contribution in [0.25, 0.3) is 0 Å². The number of anilines is 3. The lowest BCUT2D eigenvalue weighted by atomic mass is 10.2. The first-order valence-electron chi connectivity index (χ1n) is 7.58. The van der Waals surface area contributed by atoms with Gasteiger partial charge in [-0.25, -0.2) is 9.37 Å². The molecule has 0 unspecified atom stereocenters. The van der Waals surface area contributed by atoms with Crippen molar-refractivity contribution < 1.29 is 9.18 Å². The summed E-state index contributed by atoms with van der Waals surface area (Å²) in [5, 5.41) is 5.84. The van der Waals surface area contributed by atoms with E-state index in [0.29, 0.717) is 11.5 Å². The molecule has 0 spiro atoms. The Morgan fingerprint density at radius 3 is 2.56 bits per heavy atom. The van der Waals surface area contributed by atoms with Crippen LogP contribution in [-0.4, -0.2) is 10.9 Å². The van der Waals surface area contributed by atoms with Crippen LogP contribution in [0.5, 0.6) is 0 Å². The van der Waals surface area contributed by atoms with Crippen molar-refractivity contribution in [2.24, 2.45) is 0 Å².